The Morgan fingerprint density at radius 3 is 1.77 bits per heavy atom. The summed E-state index contributed by atoms with van der Waals surface area (Å²) in [5, 5.41) is 4.90. The minimum absolute atomic E-state index is 0.894. The molecule has 1 aliphatic heterocycles. The first-order chi connectivity index (χ1) is 23.8. The van der Waals surface area contributed by atoms with Crippen molar-refractivity contribution < 1.29 is 4.74 Å². The quantitative estimate of drug-likeness (QED) is 0.193. The lowest BCUT2D eigenvalue weighted by molar-refractivity contribution is 0.487. The summed E-state index contributed by atoms with van der Waals surface area (Å²) in [6.07, 6.45) is 0. The molecule has 224 valence electrons. The molecule has 0 aliphatic carbocycles. The first-order valence-corrected chi connectivity index (χ1v) is 16.4. The maximum Gasteiger partial charge on any atom is 0.135 e. The highest BCUT2D eigenvalue weighted by Gasteiger charge is 2.22. The molecular formula is C46H29NO. The van der Waals surface area contributed by atoms with Crippen molar-refractivity contribution in [3.05, 3.63) is 176 Å². The molecule has 0 atom stereocenters. The van der Waals surface area contributed by atoms with Gasteiger partial charge in [-0.25, -0.2) is 0 Å². The number of aromatic nitrogens is 1. The lowest BCUT2D eigenvalue weighted by Gasteiger charge is -2.23. The van der Waals surface area contributed by atoms with Gasteiger partial charge in [0.1, 0.15) is 11.5 Å². The summed E-state index contributed by atoms with van der Waals surface area (Å²) >= 11 is 0. The van der Waals surface area contributed by atoms with Crippen molar-refractivity contribution in [3.63, 3.8) is 0 Å². The van der Waals surface area contributed by atoms with Gasteiger partial charge < -0.3 is 9.30 Å². The van der Waals surface area contributed by atoms with Crippen molar-refractivity contribution in [1.29, 1.82) is 0 Å². The van der Waals surface area contributed by atoms with Crippen LogP contribution in [0.2, 0.25) is 0 Å². The maximum atomic E-state index is 6.50. The summed E-state index contributed by atoms with van der Waals surface area (Å²) in [4.78, 5) is 0. The van der Waals surface area contributed by atoms with Crippen LogP contribution in [0.15, 0.2) is 176 Å². The molecular weight excluding hydrogens is 583 g/mol. The van der Waals surface area contributed by atoms with Gasteiger partial charge in [-0.15, -0.1) is 0 Å². The SMILES string of the molecule is c1ccc(-c2ccc3c4c(cccc24)-c2cc(-c4ccc(-c5ccc6c(c5)c5ccccc5n6-c5ccccc5)cc4)ccc2O3)cc1. The first kappa shape index (κ1) is 26.8. The van der Waals surface area contributed by atoms with Crippen molar-refractivity contribution in [1.82, 2.24) is 4.57 Å². The fourth-order valence-corrected chi connectivity index (χ4v) is 7.54. The van der Waals surface area contributed by atoms with E-state index < -0.39 is 0 Å². The zero-order chi connectivity index (χ0) is 31.6. The van der Waals surface area contributed by atoms with Gasteiger partial charge in [0.2, 0.25) is 0 Å². The molecule has 0 amide bonds. The predicted octanol–water partition coefficient (Wildman–Crippen LogP) is 12.7. The fraction of sp³-hybridized carbons (Fsp3) is 0. The van der Waals surface area contributed by atoms with E-state index in [-0.39, 0.29) is 0 Å². The van der Waals surface area contributed by atoms with Crippen LogP contribution in [-0.2, 0) is 0 Å². The van der Waals surface area contributed by atoms with Crippen molar-refractivity contribution in [2.45, 2.75) is 0 Å². The molecule has 8 aromatic carbocycles. The van der Waals surface area contributed by atoms with Crippen LogP contribution in [0.5, 0.6) is 11.5 Å². The molecule has 0 N–H and O–H groups in total. The van der Waals surface area contributed by atoms with Crippen LogP contribution in [0.3, 0.4) is 0 Å². The molecule has 0 unspecified atom stereocenters. The van der Waals surface area contributed by atoms with E-state index in [1.807, 2.05) is 0 Å². The van der Waals surface area contributed by atoms with Crippen LogP contribution < -0.4 is 4.74 Å². The van der Waals surface area contributed by atoms with Crippen LogP contribution >= 0.6 is 0 Å². The normalized spacial score (nSPS) is 11.9. The summed E-state index contributed by atoms with van der Waals surface area (Å²) in [5.41, 5.74) is 13.1. The molecule has 0 saturated carbocycles. The molecule has 0 radical (unpaired) electrons. The molecule has 10 rings (SSSR count). The zero-order valence-corrected chi connectivity index (χ0v) is 26.1. The Labute approximate surface area is 278 Å². The topological polar surface area (TPSA) is 14.2 Å². The van der Waals surface area contributed by atoms with Gasteiger partial charge in [-0.3, -0.25) is 0 Å². The highest BCUT2D eigenvalue weighted by molar-refractivity contribution is 6.11. The second kappa shape index (κ2) is 10.6. The van der Waals surface area contributed by atoms with Crippen molar-refractivity contribution in [3.8, 4) is 61.7 Å². The summed E-state index contributed by atoms with van der Waals surface area (Å²) in [5.74, 6) is 1.81. The zero-order valence-electron chi connectivity index (χ0n) is 26.1. The number of fused-ring (bicyclic) bond motifs is 5. The molecule has 1 aromatic heterocycles. The van der Waals surface area contributed by atoms with E-state index in [1.165, 1.54) is 77.2 Å². The van der Waals surface area contributed by atoms with Gasteiger partial charge in [0.05, 0.1) is 11.0 Å². The summed E-state index contributed by atoms with van der Waals surface area (Å²) in [6, 6.07) is 63.1. The van der Waals surface area contributed by atoms with Gasteiger partial charge in [-0.1, -0.05) is 127 Å². The van der Waals surface area contributed by atoms with Crippen molar-refractivity contribution in [2.24, 2.45) is 0 Å². The standard InChI is InChI=1S/C46H29NO/c1-3-10-32(11-4-1)36-24-27-45-46-38(36)15-9-16-39(46)41-29-34(23-26-44(41)48-45)31-20-18-30(19-21-31)33-22-25-43-40(28-33)37-14-7-8-17-42(37)47(43)35-12-5-2-6-13-35/h1-29H. The molecule has 1 aliphatic rings. The molecule has 2 heteroatoms. The molecule has 2 nitrogen and oxygen atoms in total. The molecule has 2 heterocycles. The fourth-order valence-electron chi connectivity index (χ4n) is 7.54. The number of para-hydroxylation sites is 2. The number of rotatable bonds is 4. The van der Waals surface area contributed by atoms with Gasteiger partial charge in [0.25, 0.3) is 0 Å². The van der Waals surface area contributed by atoms with Gasteiger partial charge in [0.15, 0.2) is 0 Å². The lowest BCUT2D eigenvalue weighted by Crippen LogP contribution is -1.98. The van der Waals surface area contributed by atoms with Crippen LogP contribution in [0.1, 0.15) is 0 Å². The second-order valence-corrected chi connectivity index (χ2v) is 12.5. The average molecular weight is 612 g/mol. The van der Waals surface area contributed by atoms with E-state index in [1.54, 1.807) is 0 Å². The molecule has 0 fully saturated rings. The first-order valence-electron chi connectivity index (χ1n) is 16.4. The molecule has 0 bridgehead atoms. The minimum Gasteiger partial charge on any atom is -0.456 e. The lowest BCUT2D eigenvalue weighted by atomic mass is 9.89. The largest absolute Gasteiger partial charge is 0.456 e. The van der Waals surface area contributed by atoms with Gasteiger partial charge in [-0.05, 0) is 92.9 Å². The van der Waals surface area contributed by atoms with Crippen LogP contribution in [-0.4, -0.2) is 4.57 Å². The monoisotopic (exact) mass is 611 g/mol. The van der Waals surface area contributed by atoms with Gasteiger partial charge in [-0.2, -0.15) is 0 Å². The van der Waals surface area contributed by atoms with Gasteiger partial charge >= 0.3 is 0 Å². The number of benzene rings is 8. The van der Waals surface area contributed by atoms with Crippen molar-refractivity contribution in [2.75, 3.05) is 0 Å². The summed E-state index contributed by atoms with van der Waals surface area (Å²) < 4.78 is 8.86. The van der Waals surface area contributed by atoms with E-state index in [0.29, 0.717) is 0 Å². The van der Waals surface area contributed by atoms with Gasteiger partial charge in [0, 0.05) is 27.4 Å². The molecule has 0 spiro atoms. The Morgan fingerprint density at radius 1 is 0.333 bits per heavy atom. The van der Waals surface area contributed by atoms with E-state index in [9.17, 15) is 0 Å². The third kappa shape index (κ3) is 4.13. The molecule has 0 saturated heterocycles. The predicted molar refractivity (Wildman–Crippen MR) is 200 cm³/mol. The highest BCUT2D eigenvalue weighted by Crippen LogP contribution is 2.49. The molecule has 9 aromatic rings. The third-order valence-electron chi connectivity index (χ3n) is 9.82. The van der Waals surface area contributed by atoms with E-state index >= 15 is 0 Å². The number of hydrogen-bond acceptors (Lipinski definition) is 1. The third-order valence-corrected chi connectivity index (χ3v) is 9.82. The number of nitrogens with zero attached hydrogens (tertiary/aromatic N) is 1. The van der Waals surface area contributed by atoms with E-state index in [0.717, 1.165) is 17.1 Å². The number of ether oxygens (including phenoxy) is 1. The van der Waals surface area contributed by atoms with Crippen LogP contribution in [0, 0.1) is 0 Å². The van der Waals surface area contributed by atoms with E-state index in [4.69, 9.17) is 4.74 Å². The summed E-state index contributed by atoms with van der Waals surface area (Å²) in [7, 11) is 0. The van der Waals surface area contributed by atoms with Crippen molar-refractivity contribution >= 4 is 32.6 Å². The smallest absolute Gasteiger partial charge is 0.135 e. The van der Waals surface area contributed by atoms with Crippen LogP contribution in [0.4, 0.5) is 0 Å². The Morgan fingerprint density at radius 2 is 0.958 bits per heavy atom. The van der Waals surface area contributed by atoms with E-state index in [2.05, 4.69) is 180 Å². The Bertz CT molecular complexity index is 2670. The average Bonchev–Trinajstić information content (AvgIpc) is 3.49. The summed E-state index contributed by atoms with van der Waals surface area (Å²) in [6.45, 7) is 0. The highest BCUT2D eigenvalue weighted by atomic mass is 16.5. The Hall–Kier alpha value is -6.38. The Kier molecular flexibility index (Phi) is 5.91. The Balaban J connectivity index is 1.03. The molecule has 48 heavy (non-hydrogen) atoms. The minimum atomic E-state index is 0.894. The number of hydrogen-bond donors (Lipinski definition) is 0. The second-order valence-electron chi connectivity index (χ2n) is 12.5. The maximum absolute atomic E-state index is 6.50. The van der Waals surface area contributed by atoms with Crippen LogP contribution in [0.25, 0.3) is 82.8 Å².